The molecule has 0 bridgehead atoms. The molecule has 124 valence electrons. The van der Waals surface area contributed by atoms with Gasteiger partial charge in [-0.2, -0.15) is 0 Å². The topological polar surface area (TPSA) is 61.6 Å². The average molecular weight is 345 g/mol. The average Bonchev–Trinajstić information content (AvgIpc) is 2.84. The van der Waals surface area contributed by atoms with E-state index in [-0.39, 0.29) is 21.6 Å². The molecule has 0 spiro atoms. The van der Waals surface area contributed by atoms with Crippen molar-refractivity contribution in [3.05, 3.63) is 27.1 Å². The molecule has 0 aliphatic carbocycles. The van der Waals surface area contributed by atoms with E-state index in [1.165, 1.54) is 23.1 Å². The van der Waals surface area contributed by atoms with Crippen LogP contribution in [0.5, 0.6) is 0 Å². The van der Waals surface area contributed by atoms with E-state index in [0.29, 0.717) is 13.2 Å². The number of hydrogen-bond acceptors (Lipinski definition) is 6. The summed E-state index contributed by atoms with van der Waals surface area (Å²) in [6, 6.07) is 3.88. The van der Waals surface area contributed by atoms with Crippen LogP contribution in [0.4, 0.5) is 0 Å². The lowest BCUT2D eigenvalue weighted by Gasteiger charge is -2.49. The third kappa shape index (κ3) is 3.64. The number of nitrogens with zero attached hydrogens (tertiary/aromatic N) is 1. The van der Waals surface area contributed by atoms with Crippen molar-refractivity contribution in [2.24, 2.45) is 10.8 Å². The van der Waals surface area contributed by atoms with Crippen LogP contribution in [-0.4, -0.2) is 24.0 Å². The molecule has 0 aromatic carbocycles. The Morgan fingerprint density at radius 3 is 2.41 bits per heavy atom. The van der Waals surface area contributed by atoms with Crippen molar-refractivity contribution < 1.29 is 14.4 Å². The van der Waals surface area contributed by atoms with Crippen molar-refractivity contribution in [3.8, 4) is 0 Å². The Bertz CT molecular complexity index is 538. The van der Waals surface area contributed by atoms with Gasteiger partial charge in [-0.1, -0.05) is 34.6 Å². The highest BCUT2D eigenvalue weighted by molar-refractivity contribution is 8.00. The molecule has 0 saturated carbocycles. The summed E-state index contributed by atoms with van der Waals surface area (Å²) in [6.07, 6.45) is 0. The lowest BCUT2D eigenvalue weighted by molar-refractivity contribution is -0.456. The Balaban J connectivity index is 2.26. The standard InChI is InChI=1S/C15H23NO4S2/c1-13(2,3)15(19-8-14(4,5)9-20-15)11-6-7-12(22-11)21-10-16(17)18/h6-7H,8-10H2,1-5H3. The molecule has 0 unspecified atom stereocenters. The summed E-state index contributed by atoms with van der Waals surface area (Å²) in [6.45, 7) is 11.8. The van der Waals surface area contributed by atoms with Gasteiger partial charge in [0.05, 0.1) is 22.3 Å². The second-order valence-electron chi connectivity index (χ2n) is 7.33. The minimum atomic E-state index is -0.791. The summed E-state index contributed by atoms with van der Waals surface area (Å²) >= 11 is 2.75. The van der Waals surface area contributed by atoms with E-state index in [9.17, 15) is 10.1 Å². The van der Waals surface area contributed by atoms with E-state index >= 15 is 0 Å². The van der Waals surface area contributed by atoms with Gasteiger partial charge in [-0.15, -0.1) is 11.3 Å². The summed E-state index contributed by atoms with van der Waals surface area (Å²) in [5.74, 6) is -0.919. The smallest absolute Gasteiger partial charge is 0.254 e. The summed E-state index contributed by atoms with van der Waals surface area (Å²) in [5, 5.41) is 10.5. The largest absolute Gasteiger partial charge is 0.344 e. The second-order valence-corrected chi connectivity index (χ2v) is 9.66. The molecule has 0 atom stereocenters. The van der Waals surface area contributed by atoms with Crippen molar-refractivity contribution >= 4 is 23.1 Å². The molecule has 1 aliphatic rings. The van der Waals surface area contributed by atoms with E-state index in [0.717, 1.165) is 9.09 Å². The number of hydrogen-bond donors (Lipinski definition) is 0. The fraction of sp³-hybridized carbons (Fsp3) is 0.733. The van der Waals surface area contributed by atoms with Gasteiger partial charge < -0.3 is 9.47 Å². The first kappa shape index (κ1) is 17.7. The van der Waals surface area contributed by atoms with E-state index in [1.807, 2.05) is 12.1 Å². The van der Waals surface area contributed by atoms with Gasteiger partial charge in [0.25, 0.3) is 5.88 Å². The number of thioether (sulfide) groups is 1. The quantitative estimate of drug-likeness (QED) is 0.351. The molecule has 5 nitrogen and oxygen atoms in total. The Kier molecular flexibility index (Phi) is 4.92. The lowest BCUT2D eigenvalue weighted by atomic mass is 9.82. The minimum Gasteiger partial charge on any atom is -0.344 e. The highest BCUT2D eigenvalue weighted by atomic mass is 32.2. The molecule has 2 rings (SSSR count). The first-order valence-corrected chi connectivity index (χ1v) is 8.99. The molecule has 1 aliphatic heterocycles. The van der Waals surface area contributed by atoms with Gasteiger partial charge in [0.1, 0.15) is 0 Å². The number of rotatable bonds is 4. The Labute approximate surface area is 139 Å². The molecule has 1 fully saturated rings. The van der Waals surface area contributed by atoms with Crippen LogP contribution in [0.1, 0.15) is 39.5 Å². The Morgan fingerprint density at radius 1 is 1.32 bits per heavy atom. The number of ether oxygens (including phenoxy) is 2. The highest BCUT2D eigenvalue weighted by Gasteiger charge is 2.51. The van der Waals surface area contributed by atoms with Gasteiger partial charge in [0.15, 0.2) is 0 Å². The maximum absolute atomic E-state index is 10.5. The minimum absolute atomic E-state index is 0.00476. The second kappa shape index (κ2) is 6.11. The predicted molar refractivity (Wildman–Crippen MR) is 88.9 cm³/mol. The molecule has 0 N–H and O–H groups in total. The zero-order chi connectivity index (χ0) is 16.6. The maximum atomic E-state index is 10.5. The Hall–Kier alpha value is -0.630. The Morgan fingerprint density at radius 2 is 1.91 bits per heavy atom. The first-order valence-electron chi connectivity index (χ1n) is 7.19. The zero-order valence-corrected chi connectivity index (χ0v) is 15.3. The molecule has 7 heteroatoms. The third-order valence-corrected chi connectivity index (χ3v) is 5.86. The van der Waals surface area contributed by atoms with Crippen LogP contribution in [0.2, 0.25) is 0 Å². The molecule has 1 saturated heterocycles. The van der Waals surface area contributed by atoms with E-state index in [1.54, 1.807) is 0 Å². The summed E-state index contributed by atoms with van der Waals surface area (Å²) in [5.41, 5.74) is -0.241. The van der Waals surface area contributed by atoms with Crippen molar-refractivity contribution in [2.75, 3.05) is 19.1 Å². The third-order valence-electron chi connectivity index (χ3n) is 3.54. The zero-order valence-electron chi connectivity index (χ0n) is 13.7. The van der Waals surface area contributed by atoms with Crippen molar-refractivity contribution in [1.82, 2.24) is 0 Å². The maximum Gasteiger partial charge on any atom is 0.254 e. The van der Waals surface area contributed by atoms with Crippen LogP contribution in [0.3, 0.4) is 0 Å². The van der Waals surface area contributed by atoms with Gasteiger partial charge in [0.2, 0.25) is 5.79 Å². The number of nitro groups is 1. The van der Waals surface area contributed by atoms with Gasteiger partial charge >= 0.3 is 0 Å². The number of thiophene rings is 1. The molecule has 0 radical (unpaired) electrons. The normalized spacial score (nSPS) is 20.8. The van der Waals surface area contributed by atoms with Crippen molar-refractivity contribution in [3.63, 3.8) is 0 Å². The van der Waals surface area contributed by atoms with Gasteiger partial charge in [-0.3, -0.25) is 10.1 Å². The SMILES string of the molecule is CC1(C)COC(c2ccc(SC[N+](=O)[O-])s2)(C(C)(C)C)OC1. The summed E-state index contributed by atoms with van der Waals surface area (Å²) < 4.78 is 13.3. The molecule has 22 heavy (non-hydrogen) atoms. The fourth-order valence-electron chi connectivity index (χ4n) is 2.31. The van der Waals surface area contributed by atoms with Crippen LogP contribution >= 0.6 is 23.1 Å². The molecule has 1 aromatic heterocycles. The van der Waals surface area contributed by atoms with E-state index in [4.69, 9.17) is 9.47 Å². The monoisotopic (exact) mass is 345 g/mol. The summed E-state index contributed by atoms with van der Waals surface area (Å²) in [4.78, 5) is 11.2. The van der Waals surface area contributed by atoms with E-state index in [2.05, 4.69) is 34.6 Å². The van der Waals surface area contributed by atoms with Crippen LogP contribution in [-0.2, 0) is 15.3 Å². The van der Waals surface area contributed by atoms with Gasteiger partial charge in [-0.25, -0.2) is 0 Å². The first-order chi connectivity index (χ1) is 10.1. The molecule has 0 amide bonds. The molecule has 1 aromatic rings. The van der Waals surface area contributed by atoms with Crippen LogP contribution in [0.25, 0.3) is 0 Å². The van der Waals surface area contributed by atoms with Crippen molar-refractivity contribution in [1.29, 1.82) is 0 Å². The summed E-state index contributed by atoms with van der Waals surface area (Å²) in [7, 11) is 0. The fourth-order valence-corrected chi connectivity index (χ4v) is 4.42. The lowest BCUT2D eigenvalue weighted by Crippen LogP contribution is -2.52. The van der Waals surface area contributed by atoms with E-state index < -0.39 is 5.79 Å². The van der Waals surface area contributed by atoms with Gasteiger partial charge in [-0.05, 0) is 23.9 Å². The molecular weight excluding hydrogens is 322 g/mol. The van der Waals surface area contributed by atoms with Crippen LogP contribution in [0.15, 0.2) is 16.3 Å². The molecular formula is C15H23NO4S2. The van der Waals surface area contributed by atoms with Crippen molar-refractivity contribution in [2.45, 2.75) is 44.6 Å². The highest BCUT2D eigenvalue weighted by Crippen LogP contribution is 2.50. The van der Waals surface area contributed by atoms with Crippen LogP contribution in [0, 0.1) is 20.9 Å². The van der Waals surface area contributed by atoms with Crippen LogP contribution < -0.4 is 0 Å². The molecule has 2 heterocycles. The predicted octanol–water partition coefficient (Wildman–Crippen LogP) is 4.35. The van der Waals surface area contributed by atoms with Gasteiger partial charge in [0, 0.05) is 15.8 Å².